The summed E-state index contributed by atoms with van der Waals surface area (Å²) in [5.41, 5.74) is 8.57. The lowest BCUT2D eigenvalue weighted by molar-refractivity contribution is -0.757. The Kier molecular flexibility index (Phi) is 8.47. The van der Waals surface area contributed by atoms with Gasteiger partial charge >= 0.3 is 0 Å². The molecule has 0 bridgehead atoms. The number of rotatable bonds is 12. The summed E-state index contributed by atoms with van der Waals surface area (Å²) in [7, 11) is 0. The van der Waals surface area contributed by atoms with E-state index in [1.807, 2.05) is 6.08 Å². The first-order valence-electron chi connectivity index (χ1n) is 8.65. The minimum absolute atomic E-state index is 0.0757. The van der Waals surface area contributed by atoms with Crippen LogP contribution in [0, 0.1) is 16.0 Å². The number of hydrogen-bond donors (Lipinski definition) is 1. The highest BCUT2D eigenvalue weighted by atomic mass is 16.9. The third kappa shape index (κ3) is 5.64. The average Bonchev–Trinajstić information content (AvgIpc) is 2.58. The standard InChI is InChI=1S/C19H30N2O3/c1-4-9-17(5-2)19(3,15-20)18-12-8-11-16(14-18)10-6-7-13-24-21(22)23/h4,8,11-12,14,17H,1,5-7,9-10,13,15,20H2,2-3H3. The zero-order valence-electron chi connectivity index (χ0n) is 14.9. The van der Waals surface area contributed by atoms with Gasteiger partial charge in [0.1, 0.15) is 0 Å². The number of benzene rings is 1. The molecule has 0 aliphatic heterocycles. The van der Waals surface area contributed by atoms with Gasteiger partial charge in [-0.05, 0) is 42.7 Å². The maximum absolute atomic E-state index is 10.1. The molecule has 2 atom stereocenters. The van der Waals surface area contributed by atoms with Crippen LogP contribution in [0.4, 0.5) is 0 Å². The highest BCUT2D eigenvalue weighted by Gasteiger charge is 2.32. The van der Waals surface area contributed by atoms with E-state index in [1.165, 1.54) is 11.1 Å². The number of aryl methyl sites for hydroxylation is 1. The summed E-state index contributed by atoms with van der Waals surface area (Å²) in [6.07, 6.45) is 6.40. The van der Waals surface area contributed by atoms with Crippen LogP contribution in [0.3, 0.4) is 0 Å². The normalized spacial score (nSPS) is 14.6. The lowest BCUT2D eigenvalue weighted by Crippen LogP contribution is -2.39. The first-order valence-corrected chi connectivity index (χ1v) is 8.65. The van der Waals surface area contributed by atoms with Crippen molar-refractivity contribution < 1.29 is 9.92 Å². The van der Waals surface area contributed by atoms with Crippen LogP contribution in [0.1, 0.15) is 50.7 Å². The monoisotopic (exact) mass is 334 g/mol. The van der Waals surface area contributed by atoms with Crippen LogP contribution in [0.2, 0.25) is 0 Å². The number of allylic oxidation sites excluding steroid dienone is 1. The molecule has 0 amide bonds. The lowest BCUT2D eigenvalue weighted by atomic mass is 9.69. The highest BCUT2D eigenvalue weighted by Crippen LogP contribution is 2.36. The summed E-state index contributed by atoms with van der Waals surface area (Å²) < 4.78 is 0. The number of hydrogen-bond acceptors (Lipinski definition) is 4. The van der Waals surface area contributed by atoms with Crippen LogP contribution in [0.25, 0.3) is 0 Å². The van der Waals surface area contributed by atoms with Crippen molar-refractivity contribution in [3.63, 3.8) is 0 Å². The van der Waals surface area contributed by atoms with E-state index in [-0.39, 0.29) is 12.0 Å². The first kappa shape index (κ1) is 20.2. The number of nitrogens with zero attached hydrogens (tertiary/aromatic N) is 1. The predicted octanol–water partition coefficient (Wildman–Crippen LogP) is 4.04. The molecule has 0 fully saturated rings. The molecule has 2 unspecified atom stereocenters. The largest absolute Gasteiger partial charge is 0.330 e. The van der Waals surface area contributed by atoms with Gasteiger partial charge in [-0.1, -0.05) is 50.6 Å². The Balaban J connectivity index is 2.77. The SMILES string of the molecule is C=CCC(CC)C(C)(CN)c1cccc(CCCCO[N+](=O)[O-])c1. The maximum Gasteiger partial charge on any atom is 0.294 e. The Labute approximate surface area is 145 Å². The van der Waals surface area contributed by atoms with Gasteiger partial charge in [0.05, 0.1) is 6.61 Å². The van der Waals surface area contributed by atoms with E-state index in [0.717, 1.165) is 25.7 Å². The Morgan fingerprint density at radius 2 is 2.21 bits per heavy atom. The van der Waals surface area contributed by atoms with Gasteiger partial charge in [0.15, 0.2) is 0 Å². The Morgan fingerprint density at radius 1 is 1.46 bits per heavy atom. The Bertz CT molecular complexity index is 533. The first-order chi connectivity index (χ1) is 11.5. The van der Waals surface area contributed by atoms with Crippen LogP contribution >= 0.6 is 0 Å². The van der Waals surface area contributed by atoms with Crippen molar-refractivity contribution in [2.24, 2.45) is 11.7 Å². The molecule has 134 valence electrons. The minimum atomic E-state index is -0.738. The van der Waals surface area contributed by atoms with E-state index in [1.54, 1.807) is 0 Å². The molecule has 5 heteroatoms. The van der Waals surface area contributed by atoms with E-state index in [0.29, 0.717) is 18.9 Å². The third-order valence-corrected chi connectivity index (χ3v) is 4.91. The summed E-state index contributed by atoms with van der Waals surface area (Å²) in [5.74, 6) is 0.462. The number of nitrogens with two attached hydrogens (primary N) is 1. The van der Waals surface area contributed by atoms with E-state index >= 15 is 0 Å². The molecule has 0 saturated heterocycles. The quantitative estimate of drug-likeness (QED) is 0.271. The fraction of sp³-hybridized carbons (Fsp3) is 0.579. The molecular formula is C19H30N2O3. The van der Waals surface area contributed by atoms with Crippen molar-refractivity contribution in [1.82, 2.24) is 0 Å². The Morgan fingerprint density at radius 3 is 2.79 bits per heavy atom. The molecule has 1 aromatic carbocycles. The fourth-order valence-electron chi connectivity index (χ4n) is 3.25. The second-order valence-corrected chi connectivity index (χ2v) is 6.47. The van der Waals surface area contributed by atoms with E-state index in [9.17, 15) is 10.1 Å². The summed E-state index contributed by atoms with van der Waals surface area (Å²) in [5, 5.41) is 9.39. The van der Waals surface area contributed by atoms with Crippen molar-refractivity contribution in [3.05, 3.63) is 58.2 Å². The molecule has 0 aliphatic rings. The van der Waals surface area contributed by atoms with Crippen molar-refractivity contribution in [2.45, 2.75) is 51.4 Å². The highest BCUT2D eigenvalue weighted by molar-refractivity contribution is 5.31. The molecule has 0 aromatic heterocycles. The van der Waals surface area contributed by atoms with Crippen LogP contribution < -0.4 is 5.73 Å². The van der Waals surface area contributed by atoms with Crippen LogP contribution in [0.5, 0.6) is 0 Å². The van der Waals surface area contributed by atoms with Crippen LogP contribution in [-0.4, -0.2) is 18.2 Å². The minimum Gasteiger partial charge on any atom is -0.330 e. The van der Waals surface area contributed by atoms with Gasteiger partial charge in [-0.15, -0.1) is 16.7 Å². The van der Waals surface area contributed by atoms with Crippen molar-refractivity contribution in [1.29, 1.82) is 0 Å². The molecule has 0 aliphatic carbocycles. The summed E-state index contributed by atoms with van der Waals surface area (Å²) >= 11 is 0. The van der Waals surface area contributed by atoms with Gasteiger partial charge < -0.3 is 10.6 Å². The summed E-state index contributed by atoms with van der Waals surface area (Å²) in [4.78, 5) is 14.5. The Hall–Kier alpha value is -1.88. The second kappa shape index (κ2) is 10.1. The van der Waals surface area contributed by atoms with Gasteiger partial charge in [0, 0.05) is 12.0 Å². The van der Waals surface area contributed by atoms with Crippen LogP contribution in [0.15, 0.2) is 36.9 Å². The molecule has 24 heavy (non-hydrogen) atoms. The number of unbranched alkanes of at least 4 members (excludes halogenated alkanes) is 1. The van der Waals surface area contributed by atoms with Crippen LogP contribution in [-0.2, 0) is 16.7 Å². The second-order valence-electron chi connectivity index (χ2n) is 6.47. The maximum atomic E-state index is 10.1. The molecule has 5 nitrogen and oxygen atoms in total. The molecule has 1 aromatic rings. The summed E-state index contributed by atoms with van der Waals surface area (Å²) in [6, 6.07) is 8.56. The zero-order chi connectivity index (χ0) is 18.0. The van der Waals surface area contributed by atoms with Gasteiger partial charge in [0.2, 0.25) is 0 Å². The van der Waals surface area contributed by atoms with Gasteiger partial charge in [0.25, 0.3) is 5.09 Å². The summed E-state index contributed by atoms with van der Waals surface area (Å²) in [6.45, 7) is 9.06. The van der Waals surface area contributed by atoms with E-state index in [4.69, 9.17) is 5.73 Å². The smallest absolute Gasteiger partial charge is 0.294 e. The molecule has 2 N–H and O–H groups in total. The molecular weight excluding hydrogens is 304 g/mol. The van der Waals surface area contributed by atoms with Crippen molar-refractivity contribution >= 4 is 0 Å². The fourth-order valence-corrected chi connectivity index (χ4v) is 3.25. The predicted molar refractivity (Wildman–Crippen MR) is 97.3 cm³/mol. The van der Waals surface area contributed by atoms with Gasteiger partial charge in [-0.25, -0.2) is 0 Å². The average molecular weight is 334 g/mol. The van der Waals surface area contributed by atoms with Gasteiger partial charge in [-0.3, -0.25) is 0 Å². The van der Waals surface area contributed by atoms with Crippen molar-refractivity contribution in [3.8, 4) is 0 Å². The zero-order valence-corrected chi connectivity index (χ0v) is 14.9. The molecule has 0 radical (unpaired) electrons. The van der Waals surface area contributed by atoms with E-state index in [2.05, 4.69) is 49.5 Å². The molecule has 1 rings (SSSR count). The lowest BCUT2D eigenvalue weighted by Gasteiger charge is -2.37. The molecule has 0 saturated carbocycles. The van der Waals surface area contributed by atoms with Gasteiger partial charge in [-0.2, -0.15) is 0 Å². The van der Waals surface area contributed by atoms with E-state index < -0.39 is 5.09 Å². The molecule has 0 spiro atoms. The topological polar surface area (TPSA) is 78.4 Å². The van der Waals surface area contributed by atoms with Crippen molar-refractivity contribution in [2.75, 3.05) is 13.2 Å². The molecule has 0 heterocycles. The third-order valence-electron chi connectivity index (χ3n) is 4.91.